The molecule has 9 heteroatoms. The molecule has 152 valence electrons. The zero-order chi connectivity index (χ0) is 20.7. The maximum absolute atomic E-state index is 12.3. The minimum absolute atomic E-state index is 0.163. The normalized spacial score (nSPS) is 11.1. The van der Waals surface area contributed by atoms with Gasteiger partial charge in [0.15, 0.2) is 0 Å². The molecule has 0 fully saturated rings. The summed E-state index contributed by atoms with van der Waals surface area (Å²) in [6.45, 7) is 2.38. The van der Waals surface area contributed by atoms with Crippen LogP contribution in [0.4, 0.5) is 5.69 Å². The number of nitrogens with zero attached hydrogens (tertiary/aromatic N) is 1. The van der Waals surface area contributed by atoms with Gasteiger partial charge >= 0.3 is 0 Å². The third-order valence-electron chi connectivity index (χ3n) is 3.78. The number of halogens is 2. The fourth-order valence-corrected chi connectivity index (χ4v) is 3.71. The van der Waals surface area contributed by atoms with Gasteiger partial charge in [-0.05, 0) is 48.4 Å². The molecule has 0 unspecified atom stereocenters. The number of hydrogen-bond acceptors (Lipinski definition) is 4. The highest BCUT2D eigenvalue weighted by Gasteiger charge is 2.21. The number of amides is 1. The molecule has 0 bridgehead atoms. The molecule has 0 saturated heterocycles. The van der Waals surface area contributed by atoms with Crippen LogP contribution in [0.15, 0.2) is 42.5 Å². The molecule has 28 heavy (non-hydrogen) atoms. The zero-order valence-electron chi connectivity index (χ0n) is 15.6. The van der Waals surface area contributed by atoms with Crippen molar-refractivity contribution in [1.82, 2.24) is 5.32 Å². The van der Waals surface area contributed by atoms with Crippen LogP contribution in [-0.2, 0) is 21.4 Å². The van der Waals surface area contributed by atoms with Crippen LogP contribution >= 0.6 is 23.2 Å². The van der Waals surface area contributed by atoms with Crippen molar-refractivity contribution < 1.29 is 17.9 Å². The van der Waals surface area contributed by atoms with Crippen LogP contribution in [-0.4, -0.2) is 33.7 Å². The second-order valence-electron chi connectivity index (χ2n) is 6.12. The van der Waals surface area contributed by atoms with Crippen LogP contribution in [0.25, 0.3) is 0 Å². The van der Waals surface area contributed by atoms with Crippen molar-refractivity contribution in [2.24, 2.45) is 0 Å². The average molecular weight is 445 g/mol. The lowest BCUT2D eigenvalue weighted by Crippen LogP contribution is -2.40. The van der Waals surface area contributed by atoms with Gasteiger partial charge in [-0.15, -0.1) is 0 Å². The Morgan fingerprint density at radius 1 is 1.14 bits per heavy atom. The molecule has 0 heterocycles. The van der Waals surface area contributed by atoms with Gasteiger partial charge in [0.2, 0.25) is 15.9 Å². The van der Waals surface area contributed by atoms with E-state index in [9.17, 15) is 13.2 Å². The summed E-state index contributed by atoms with van der Waals surface area (Å²) >= 11 is 11.9. The molecule has 1 amide bonds. The molecule has 1 N–H and O–H groups in total. The van der Waals surface area contributed by atoms with Crippen LogP contribution in [0, 0.1) is 0 Å². The van der Waals surface area contributed by atoms with Crippen molar-refractivity contribution in [3.8, 4) is 5.75 Å². The molecule has 0 atom stereocenters. The van der Waals surface area contributed by atoms with Gasteiger partial charge in [0.1, 0.15) is 12.3 Å². The first kappa shape index (κ1) is 22.3. The first-order valence-electron chi connectivity index (χ1n) is 8.62. The lowest BCUT2D eigenvalue weighted by Gasteiger charge is -2.22. The zero-order valence-corrected chi connectivity index (χ0v) is 17.9. The summed E-state index contributed by atoms with van der Waals surface area (Å²) < 4.78 is 30.9. The lowest BCUT2D eigenvalue weighted by atomic mass is 10.2. The number of carbonyl (C=O) groups is 1. The number of hydrogen-bond donors (Lipinski definition) is 1. The number of sulfonamides is 1. The molecular weight excluding hydrogens is 423 g/mol. The molecular formula is C19H22Cl2N2O4S. The molecule has 0 aromatic heterocycles. The Labute approximate surface area is 175 Å². The van der Waals surface area contributed by atoms with Crippen LogP contribution < -0.4 is 14.4 Å². The van der Waals surface area contributed by atoms with Crippen molar-refractivity contribution in [1.29, 1.82) is 0 Å². The van der Waals surface area contributed by atoms with Gasteiger partial charge in [-0.25, -0.2) is 8.42 Å². The highest BCUT2D eigenvalue weighted by Crippen LogP contribution is 2.22. The molecule has 0 aliphatic rings. The maximum atomic E-state index is 12.3. The van der Waals surface area contributed by atoms with Gasteiger partial charge in [0, 0.05) is 16.6 Å². The Morgan fingerprint density at radius 2 is 1.82 bits per heavy atom. The Morgan fingerprint density at radius 3 is 2.39 bits per heavy atom. The molecule has 6 nitrogen and oxygen atoms in total. The van der Waals surface area contributed by atoms with E-state index in [1.807, 2.05) is 6.92 Å². The summed E-state index contributed by atoms with van der Waals surface area (Å²) in [4.78, 5) is 12.3. The van der Waals surface area contributed by atoms with Crippen molar-refractivity contribution in [2.45, 2.75) is 19.9 Å². The highest BCUT2D eigenvalue weighted by atomic mass is 35.5. The van der Waals surface area contributed by atoms with E-state index < -0.39 is 15.9 Å². The van der Waals surface area contributed by atoms with E-state index in [1.54, 1.807) is 42.5 Å². The minimum Gasteiger partial charge on any atom is -0.494 e. The maximum Gasteiger partial charge on any atom is 0.241 e. The summed E-state index contributed by atoms with van der Waals surface area (Å²) in [7, 11) is -3.65. The Kier molecular flexibility index (Phi) is 7.98. The lowest BCUT2D eigenvalue weighted by molar-refractivity contribution is -0.119. The third-order valence-corrected chi connectivity index (χ3v) is 5.50. The summed E-state index contributed by atoms with van der Waals surface area (Å²) in [5.74, 6) is 0.184. The fourth-order valence-electron chi connectivity index (χ4n) is 2.37. The standard InChI is InChI=1S/C19H22Cl2N2O4S/c1-3-10-27-17-8-6-16(7-9-17)23(28(2,25)26)13-19(24)22-12-14-4-5-15(20)11-18(14)21/h4-9,11H,3,10,12-13H2,1-2H3,(H,22,24). The molecule has 0 radical (unpaired) electrons. The predicted octanol–water partition coefficient (Wildman–Crippen LogP) is 3.86. The Bertz CT molecular complexity index is 918. The van der Waals surface area contributed by atoms with E-state index in [-0.39, 0.29) is 13.1 Å². The summed E-state index contributed by atoms with van der Waals surface area (Å²) in [6, 6.07) is 11.5. The first-order valence-corrected chi connectivity index (χ1v) is 11.2. The summed E-state index contributed by atoms with van der Waals surface area (Å²) in [5.41, 5.74) is 1.06. The van der Waals surface area contributed by atoms with E-state index in [1.165, 1.54) is 0 Å². The SMILES string of the molecule is CCCOc1ccc(N(CC(=O)NCc2ccc(Cl)cc2Cl)S(C)(=O)=O)cc1. The summed E-state index contributed by atoms with van der Waals surface area (Å²) in [5, 5.41) is 3.60. The second kappa shape index (κ2) is 10.0. The minimum atomic E-state index is -3.65. The van der Waals surface area contributed by atoms with E-state index in [0.29, 0.717) is 33.7 Å². The van der Waals surface area contributed by atoms with Crippen molar-refractivity contribution >= 4 is 44.8 Å². The molecule has 0 spiro atoms. The largest absolute Gasteiger partial charge is 0.494 e. The number of rotatable bonds is 9. The number of nitrogens with one attached hydrogen (secondary N) is 1. The summed E-state index contributed by atoms with van der Waals surface area (Å²) in [6.07, 6.45) is 1.92. The molecule has 0 aliphatic carbocycles. The number of anilines is 1. The number of ether oxygens (including phenoxy) is 1. The first-order chi connectivity index (χ1) is 13.2. The van der Waals surface area contributed by atoms with Crippen molar-refractivity contribution in [2.75, 3.05) is 23.7 Å². The number of benzene rings is 2. The van der Waals surface area contributed by atoms with Gasteiger partial charge < -0.3 is 10.1 Å². The van der Waals surface area contributed by atoms with Gasteiger partial charge in [-0.2, -0.15) is 0 Å². The number of carbonyl (C=O) groups excluding carboxylic acids is 1. The topological polar surface area (TPSA) is 75.7 Å². The van der Waals surface area contributed by atoms with Crippen LogP contribution in [0.2, 0.25) is 10.0 Å². The fraction of sp³-hybridized carbons (Fsp3) is 0.316. The quantitative estimate of drug-likeness (QED) is 0.636. The monoisotopic (exact) mass is 444 g/mol. The van der Waals surface area contributed by atoms with E-state index in [0.717, 1.165) is 17.0 Å². The Hall–Kier alpha value is -1.96. The van der Waals surface area contributed by atoms with E-state index in [2.05, 4.69) is 5.32 Å². The van der Waals surface area contributed by atoms with Gasteiger partial charge in [-0.1, -0.05) is 36.2 Å². The van der Waals surface area contributed by atoms with Crippen LogP contribution in [0.3, 0.4) is 0 Å². The molecule has 0 saturated carbocycles. The van der Waals surface area contributed by atoms with Crippen molar-refractivity contribution in [3.05, 3.63) is 58.1 Å². The Balaban J connectivity index is 2.06. The van der Waals surface area contributed by atoms with Crippen LogP contribution in [0.1, 0.15) is 18.9 Å². The van der Waals surface area contributed by atoms with E-state index >= 15 is 0 Å². The second-order valence-corrected chi connectivity index (χ2v) is 8.87. The van der Waals surface area contributed by atoms with Crippen LogP contribution in [0.5, 0.6) is 5.75 Å². The van der Waals surface area contributed by atoms with Gasteiger partial charge in [0.05, 0.1) is 18.6 Å². The van der Waals surface area contributed by atoms with E-state index in [4.69, 9.17) is 27.9 Å². The van der Waals surface area contributed by atoms with Crippen molar-refractivity contribution in [3.63, 3.8) is 0 Å². The van der Waals surface area contributed by atoms with Gasteiger partial charge in [0.25, 0.3) is 0 Å². The highest BCUT2D eigenvalue weighted by molar-refractivity contribution is 7.92. The molecule has 2 aromatic rings. The molecule has 2 aromatic carbocycles. The molecule has 0 aliphatic heterocycles. The predicted molar refractivity (Wildman–Crippen MR) is 113 cm³/mol. The smallest absolute Gasteiger partial charge is 0.241 e. The average Bonchev–Trinajstić information content (AvgIpc) is 2.63. The molecule has 2 rings (SSSR count). The third kappa shape index (κ3) is 6.58. The van der Waals surface area contributed by atoms with Gasteiger partial charge in [-0.3, -0.25) is 9.10 Å².